The number of halogens is 2. The van der Waals surface area contributed by atoms with Gasteiger partial charge in [0, 0.05) is 59.3 Å². The van der Waals surface area contributed by atoms with Gasteiger partial charge in [-0.3, -0.25) is 13.8 Å². The number of carbonyl (C=O) groups is 2. The Balaban J connectivity index is 1.62. The van der Waals surface area contributed by atoms with Crippen LogP contribution in [0.15, 0.2) is 47.4 Å². The van der Waals surface area contributed by atoms with Crippen LogP contribution in [0.5, 0.6) is 0 Å². The molecule has 2 aromatic carbocycles. The van der Waals surface area contributed by atoms with Gasteiger partial charge in [0.1, 0.15) is 0 Å². The largest absolute Gasteiger partial charge is 0.335 e. The van der Waals surface area contributed by atoms with Gasteiger partial charge in [-0.2, -0.15) is 0 Å². The van der Waals surface area contributed by atoms with E-state index in [1.807, 2.05) is 0 Å². The summed E-state index contributed by atoms with van der Waals surface area (Å²) < 4.78 is 37.8. The Kier molecular flexibility index (Phi) is 5.65. The summed E-state index contributed by atoms with van der Waals surface area (Å²) in [5.74, 6) is -2.62. The van der Waals surface area contributed by atoms with E-state index in [1.54, 1.807) is 35.4 Å². The van der Waals surface area contributed by atoms with Crippen LogP contribution in [-0.2, 0) is 10.8 Å². The van der Waals surface area contributed by atoms with Crippen molar-refractivity contribution >= 4 is 22.6 Å². The number of hydrogen-bond acceptors (Lipinski definition) is 3. The van der Waals surface area contributed by atoms with Gasteiger partial charge < -0.3 is 9.80 Å². The van der Waals surface area contributed by atoms with Gasteiger partial charge in [-0.15, -0.1) is 0 Å². The maximum Gasteiger partial charge on any atom is 0.254 e. The van der Waals surface area contributed by atoms with Gasteiger partial charge in [-0.05, 0) is 42.5 Å². The van der Waals surface area contributed by atoms with Crippen molar-refractivity contribution in [2.24, 2.45) is 0 Å². The fourth-order valence-electron chi connectivity index (χ4n) is 2.90. The Morgan fingerprint density at radius 3 is 1.78 bits per heavy atom. The van der Waals surface area contributed by atoms with Crippen molar-refractivity contribution in [3.05, 3.63) is 65.2 Å². The summed E-state index contributed by atoms with van der Waals surface area (Å²) in [6.45, 7) is 1.30. The normalized spacial score (nSPS) is 15.5. The summed E-state index contributed by atoms with van der Waals surface area (Å²) in [6, 6.07) is 9.65. The van der Waals surface area contributed by atoms with Crippen molar-refractivity contribution in [2.75, 3.05) is 32.4 Å². The molecule has 0 spiro atoms. The molecule has 5 nitrogen and oxygen atoms in total. The first-order valence-corrected chi connectivity index (χ1v) is 9.89. The van der Waals surface area contributed by atoms with Crippen LogP contribution in [0.4, 0.5) is 8.78 Å². The van der Waals surface area contributed by atoms with Crippen LogP contribution < -0.4 is 0 Å². The molecule has 1 heterocycles. The highest BCUT2D eigenvalue weighted by Gasteiger charge is 2.26. The van der Waals surface area contributed by atoms with E-state index in [1.165, 1.54) is 11.0 Å². The Bertz CT molecular complexity index is 894. The molecule has 0 N–H and O–H groups in total. The number of benzene rings is 2. The van der Waals surface area contributed by atoms with Crippen molar-refractivity contribution in [3.63, 3.8) is 0 Å². The zero-order chi connectivity index (χ0) is 19.6. The molecule has 27 heavy (non-hydrogen) atoms. The van der Waals surface area contributed by atoms with Crippen LogP contribution in [0.1, 0.15) is 20.7 Å². The van der Waals surface area contributed by atoms with E-state index >= 15 is 0 Å². The van der Waals surface area contributed by atoms with Gasteiger partial charge in [-0.25, -0.2) is 8.78 Å². The molecular formula is C19H18F2N2O3S. The summed E-state index contributed by atoms with van der Waals surface area (Å²) in [6.07, 6.45) is 1.57. The quantitative estimate of drug-likeness (QED) is 0.806. The molecular weight excluding hydrogens is 374 g/mol. The topological polar surface area (TPSA) is 57.7 Å². The lowest BCUT2D eigenvalue weighted by molar-refractivity contribution is 0.0535. The number of hydrogen-bond donors (Lipinski definition) is 0. The lowest BCUT2D eigenvalue weighted by Crippen LogP contribution is -2.50. The molecule has 0 aromatic heterocycles. The first-order chi connectivity index (χ1) is 12.9. The Morgan fingerprint density at radius 2 is 1.30 bits per heavy atom. The lowest BCUT2D eigenvalue weighted by atomic mass is 10.1. The van der Waals surface area contributed by atoms with Gasteiger partial charge in [0.05, 0.1) is 0 Å². The molecule has 1 saturated heterocycles. The number of amides is 2. The summed E-state index contributed by atoms with van der Waals surface area (Å²) in [7, 11) is -1.11. The maximum absolute atomic E-state index is 13.3. The third kappa shape index (κ3) is 4.21. The summed E-state index contributed by atoms with van der Waals surface area (Å²) in [5, 5.41) is 0. The molecule has 1 atom stereocenters. The minimum Gasteiger partial charge on any atom is -0.335 e. The summed E-state index contributed by atoms with van der Waals surface area (Å²) >= 11 is 0. The molecule has 142 valence electrons. The number of nitrogens with zero attached hydrogens (tertiary/aromatic N) is 2. The van der Waals surface area contributed by atoms with E-state index in [-0.39, 0.29) is 11.5 Å². The Labute approximate surface area is 158 Å². The Morgan fingerprint density at radius 1 is 0.815 bits per heavy atom. The summed E-state index contributed by atoms with van der Waals surface area (Å²) in [5.41, 5.74) is 0.571. The maximum atomic E-state index is 13.3. The molecule has 1 aliphatic rings. The summed E-state index contributed by atoms with van der Waals surface area (Å²) in [4.78, 5) is 28.8. The van der Waals surface area contributed by atoms with Crippen molar-refractivity contribution < 1.29 is 22.6 Å². The average molecular weight is 392 g/mol. The SMILES string of the molecule is CS(=O)c1ccc(C(=O)N2CCN(C(=O)c3ccc(F)c(F)c3)CC2)cc1. The fourth-order valence-corrected chi connectivity index (χ4v) is 3.42. The van der Waals surface area contributed by atoms with Crippen LogP contribution >= 0.6 is 0 Å². The van der Waals surface area contributed by atoms with E-state index in [4.69, 9.17) is 0 Å². The molecule has 0 radical (unpaired) electrons. The van der Waals surface area contributed by atoms with Crippen molar-refractivity contribution in [3.8, 4) is 0 Å². The average Bonchev–Trinajstić information content (AvgIpc) is 2.69. The standard InChI is InChI=1S/C19H18F2N2O3S/c1-27(26)15-5-2-13(3-6-15)18(24)22-8-10-23(11-9-22)19(25)14-4-7-16(20)17(21)12-14/h2-7,12H,8-11H2,1H3. The molecule has 0 aliphatic carbocycles. The Hall–Kier alpha value is -2.61. The van der Waals surface area contributed by atoms with E-state index in [0.29, 0.717) is 36.6 Å². The second-order valence-corrected chi connectivity index (χ2v) is 7.57. The molecule has 8 heteroatoms. The third-order valence-corrected chi connectivity index (χ3v) is 5.39. The molecule has 2 aromatic rings. The third-order valence-electron chi connectivity index (χ3n) is 4.45. The smallest absolute Gasteiger partial charge is 0.254 e. The molecule has 3 rings (SSSR count). The predicted octanol–water partition coefficient (Wildman–Crippen LogP) is 2.30. The minimum atomic E-state index is -1.11. The van der Waals surface area contributed by atoms with Gasteiger partial charge in [0.15, 0.2) is 11.6 Å². The van der Waals surface area contributed by atoms with Crippen LogP contribution in [0.25, 0.3) is 0 Å². The van der Waals surface area contributed by atoms with Crippen molar-refractivity contribution in [1.29, 1.82) is 0 Å². The van der Waals surface area contributed by atoms with E-state index in [0.717, 1.165) is 12.1 Å². The number of carbonyl (C=O) groups excluding carboxylic acids is 2. The highest BCUT2D eigenvalue weighted by atomic mass is 32.2. The van der Waals surface area contributed by atoms with E-state index in [9.17, 15) is 22.6 Å². The highest BCUT2D eigenvalue weighted by Crippen LogP contribution is 2.15. The van der Waals surface area contributed by atoms with Crippen LogP contribution in [-0.4, -0.2) is 58.3 Å². The van der Waals surface area contributed by atoms with Crippen LogP contribution in [0.2, 0.25) is 0 Å². The first kappa shape index (κ1) is 19.2. The minimum absolute atomic E-state index is 0.0804. The zero-order valence-corrected chi connectivity index (χ0v) is 15.5. The molecule has 2 amide bonds. The molecule has 1 aliphatic heterocycles. The highest BCUT2D eigenvalue weighted by molar-refractivity contribution is 7.84. The molecule has 1 unspecified atom stereocenters. The molecule has 1 fully saturated rings. The fraction of sp³-hybridized carbons (Fsp3) is 0.263. The number of piperazine rings is 1. The van der Waals surface area contributed by atoms with Crippen molar-refractivity contribution in [2.45, 2.75) is 4.90 Å². The predicted molar refractivity (Wildman–Crippen MR) is 96.9 cm³/mol. The second-order valence-electron chi connectivity index (χ2n) is 6.19. The van der Waals surface area contributed by atoms with Crippen molar-refractivity contribution in [1.82, 2.24) is 9.80 Å². The first-order valence-electron chi connectivity index (χ1n) is 8.34. The van der Waals surface area contributed by atoms with Gasteiger partial charge in [-0.1, -0.05) is 0 Å². The molecule has 0 saturated carbocycles. The lowest BCUT2D eigenvalue weighted by Gasteiger charge is -2.35. The van der Waals surface area contributed by atoms with Gasteiger partial charge >= 0.3 is 0 Å². The van der Waals surface area contributed by atoms with E-state index < -0.39 is 28.3 Å². The molecule has 0 bridgehead atoms. The number of rotatable bonds is 3. The van der Waals surface area contributed by atoms with Gasteiger partial charge in [0.2, 0.25) is 0 Å². The monoisotopic (exact) mass is 392 g/mol. The second kappa shape index (κ2) is 7.96. The van der Waals surface area contributed by atoms with Crippen LogP contribution in [0, 0.1) is 11.6 Å². The van der Waals surface area contributed by atoms with Crippen LogP contribution in [0.3, 0.4) is 0 Å². The zero-order valence-electron chi connectivity index (χ0n) is 14.7. The van der Waals surface area contributed by atoms with E-state index in [2.05, 4.69) is 0 Å². The van der Waals surface area contributed by atoms with Gasteiger partial charge in [0.25, 0.3) is 11.8 Å².